The van der Waals surface area contributed by atoms with Crippen LogP contribution in [-0.2, 0) is 4.79 Å². The van der Waals surface area contributed by atoms with Crippen LogP contribution in [0.3, 0.4) is 0 Å². The Morgan fingerprint density at radius 3 is 2.80 bits per heavy atom. The lowest BCUT2D eigenvalue weighted by atomic mass is 10.2. The first-order chi connectivity index (χ1) is 9.54. The van der Waals surface area contributed by atoms with E-state index in [1.807, 2.05) is 13.0 Å². The van der Waals surface area contributed by atoms with E-state index in [9.17, 15) is 9.18 Å². The number of carbonyl (C=O) groups is 1. The van der Waals surface area contributed by atoms with Crippen LogP contribution in [0.25, 0.3) is 6.08 Å². The molecule has 2 rings (SSSR count). The van der Waals surface area contributed by atoms with Gasteiger partial charge >= 0.3 is 0 Å². The van der Waals surface area contributed by atoms with Crippen molar-refractivity contribution in [3.63, 3.8) is 0 Å². The van der Waals surface area contributed by atoms with Gasteiger partial charge in [0.25, 0.3) is 0 Å². The third-order valence-corrected chi connectivity index (χ3v) is 2.55. The minimum Gasteiger partial charge on any atom is -0.508 e. The predicted molar refractivity (Wildman–Crippen MR) is 74.7 cm³/mol. The minimum absolute atomic E-state index is 0.00863. The maximum absolute atomic E-state index is 13.4. The van der Waals surface area contributed by atoms with Crippen LogP contribution < -0.4 is 5.32 Å². The number of aromatic hydroxyl groups is 1. The van der Waals surface area contributed by atoms with E-state index in [1.54, 1.807) is 12.3 Å². The van der Waals surface area contributed by atoms with Crippen molar-refractivity contribution in [3.05, 3.63) is 59.7 Å². The highest BCUT2D eigenvalue weighted by atomic mass is 19.1. The Morgan fingerprint density at radius 1 is 1.35 bits per heavy atom. The first kappa shape index (κ1) is 13.7. The number of pyridine rings is 1. The molecule has 2 aromatic rings. The summed E-state index contributed by atoms with van der Waals surface area (Å²) in [5, 5.41) is 11.5. The summed E-state index contributed by atoms with van der Waals surface area (Å²) in [5.74, 6) is -1.36. The number of nitrogens with one attached hydrogen (secondary N) is 1. The number of carbonyl (C=O) groups excluding carboxylic acids is 1. The van der Waals surface area contributed by atoms with Gasteiger partial charge in [0.05, 0.1) is 11.4 Å². The molecule has 0 spiro atoms. The van der Waals surface area contributed by atoms with E-state index in [0.717, 1.165) is 11.6 Å². The average molecular weight is 272 g/mol. The summed E-state index contributed by atoms with van der Waals surface area (Å²) >= 11 is 0. The van der Waals surface area contributed by atoms with Gasteiger partial charge in [-0.2, -0.15) is 0 Å². The van der Waals surface area contributed by atoms with Gasteiger partial charge in [-0.3, -0.25) is 9.78 Å². The summed E-state index contributed by atoms with van der Waals surface area (Å²) in [7, 11) is 0. The smallest absolute Gasteiger partial charge is 0.248 e. The molecule has 0 aliphatic heterocycles. The fourth-order valence-electron chi connectivity index (χ4n) is 1.52. The molecule has 1 amide bonds. The standard InChI is InChI=1S/C15H13FN2O2/c1-10-2-3-11(17-9-10)4-7-15(20)18-14-6-5-12(19)8-13(14)16/h2-9,19H,1H3,(H,18,20). The number of aromatic nitrogens is 1. The lowest BCUT2D eigenvalue weighted by Gasteiger charge is -2.03. The third kappa shape index (κ3) is 3.65. The average Bonchev–Trinajstić information content (AvgIpc) is 2.41. The summed E-state index contributed by atoms with van der Waals surface area (Å²) < 4.78 is 13.4. The maximum Gasteiger partial charge on any atom is 0.248 e. The topological polar surface area (TPSA) is 62.2 Å². The van der Waals surface area contributed by atoms with E-state index < -0.39 is 11.7 Å². The van der Waals surface area contributed by atoms with Crippen LogP contribution in [0.4, 0.5) is 10.1 Å². The van der Waals surface area contributed by atoms with E-state index in [1.165, 1.54) is 24.3 Å². The molecule has 0 bridgehead atoms. The predicted octanol–water partition coefficient (Wildman–Crippen LogP) is 2.89. The van der Waals surface area contributed by atoms with Crippen LogP contribution >= 0.6 is 0 Å². The molecule has 0 aliphatic rings. The fraction of sp³-hybridized carbons (Fsp3) is 0.0667. The quantitative estimate of drug-likeness (QED) is 0.667. The highest BCUT2D eigenvalue weighted by molar-refractivity contribution is 6.01. The molecule has 20 heavy (non-hydrogen) atoms. The van der Waals surface area contributed by atoms with Gasteiger partial charge in [-0.05, 0) is 36.8 Å². The van der Waals surface area contributed by atoms with Crippen molar-refractivity contribution in [2.24, 2.45) is 0 Å². The number of halogens is 1. The SMILES string of the molecule is Cc1ccc(C=CC(=O)Nc2ccc(O)cc2F)nc1. The fourth-order valence-corrected chi connectivity index (χ4v) is 1.52. The molecule has 0 radical (unpaired) electrons. The van der Waals surface area contributed by atoms with Gasteiger partial charge in [-0.25, -0.2) is 4.39 Å². The van der Waals surface area contributed by atoms with Gasteiger partial charge in [0, 0.05) is 18.3 Å². The number of nitrogens with zero attached hydrogens (tertiary/aromatic N) is 1. The highest BCUT2D eigenvalue weighted by Crippen LogP contribution is 2.19. The molecule has 2 N–H and O–H groups in total. The number of anilines is 1. The number of amides is 1. The highest BCUT2D eigenvalue weighted by Gasteiger charge is 2.05. The Balaban J connectivity index is 2.03. The Morgan fingerprint density at radius 2 is 2.15 bits per heavy atom. The van der Waals surface area contributed by atoms with Crippen molar-refractivity contribution in [1.82, 2.24) is 4.98 Å². The molecule has 102 valence electrons. The van der Waals surface area contributed by atoms with Gasteiger partial charge in [0.1, 0.15) is 11.6 Å². The van der Waals surface area contributed by atoms with E-state index in [4.69, 9.17) is 5.11 Å². The number of benzene rings is 1. The van der Waals surface area contributed by atoms with E-state index in [2.05, 4.69) is 10.3 Å². The second-order valence-corrected chi connectivity index (χ2v) is 4.25. The molecule has 0 fully saturated rings. The third-order valence-electron chi connectivity index (χ3n) is 2.55. The Hall–Kier alpha value is -2.69. The number of rotatable bonds is 3. The molecule has 0 unspecified atom stereocenters. The number of hydrogen-bond donors (Lipinski definition) is 2. The molecule has 0 saturated heterocycles. The normalized spacial score (nSPS) is 10.7. The zero-order valence-corrected chi connectivity index (χ0v) is 10.8. The van der Waals surface area contributed by atoms with Crippen molar-refractivity contribution >= 4 is 17.7 Å². The maximum atomic E-state index is 13.4. The summed E-state index contributed by atoms with van der Waals surface area (Å²) in [6.07, 6.45) is 4.49. The molecule has 0 atom stereocenters. The monoisotopic (exact) mass is 272 g/mol. The largest absolute Gasteiger partial charge is 0.508 e. The Bertz CT molecular complexity index is 651. The number of hydrogen-bond acceptors (Lipinski definition) is 3. The lowest BCUT2D eigenvalue weighted by Crippen LogP contribution is -2.09. The van der Waals surface area contributed by atoms with Crippen LogP contribution in [0.1, 0.15) is 11.3 Å². The number of phenols is 1. The summed E-state index contributed by atoms with van der Waals surface area (Å²) in [4.78, 5) is 15.7. The summed E-state index contributed by atoms with van der Waals surface area (Å²) in [6.45, 7) is 1.92. The molecular formula is C15H13FN2O2. The van der Waals surface area contributed by atoms with Gasteiger partial charge in [0.15, 0.2) is 0 Å². The van der Waals surface area contributed by atoms with Crippen LogP contribution in [-0.4, -0.2) is 16.0 Å². The van der Waals surface area contributed by atoms with Gasteiger partial charge < -0.3 is 10.4 Å². The van der Waals surface area contributed by atoms with E-state index in [0.29, 0.717) is 5.69 Å². The van der Waals surface area contributed by atoms with Gasteiger partial charge in [-0.1, -0.05) is 6.07 Å². The lowest BCUT2D eigenvalue weighted by molar-refractivity contribution is -0.111. The minimum atomic E-state index is -0.694. The first-order valence-electron chi connectivity index (χ1n) is 5.95. The molecular weight excluding hydrogens is 259 g/mol. The zero-order chi connectivity index (χ0) is 14.5. The van der Waals surface area contributed by atoms with Crippen LogP contribution in [0.5, 0.6) is 5.75 Å². The molecule has 0 saturated carbocycles. The van der Waals surface area contributed by atoms with Crippen molar-refractivity contribution in [1.29, 1.82) is 0 Å². The number of phenolic OH excluding ortho intramolecular Hbond substituents is 1. The summed E-state index contributed by atoms with van der Waals surface area (Å²) in [6, 6.07) is 7.18. The van der Waals surface area contributed by atoms with Crippen molar-refractivity contribution in [3.8, 4) is 5.75 Å². The molecule has 1 heterocycles. The molecule has 5 heteroatoms. The second kappa shape index (κ2) is 5.97. The van der Waals surface area contributed by atoms with E-state index >= 15 is 0 Å². The van der Waals surface area contributed by atoms with Crippen LogP contribution in [0.15, 0.2) is 42.6 Å². The van der Waals surface area contributed by atoms with Crippen molar-refractivity contribution < 1.29 is 14.3 Å². The molecule has 1 aromatic carbocycles. The molecule has 0 aliphatic carbocycles. The Kier molecular flexibility index (Phi) is 4.10. The first-order valence-corrected chi connectivity index (χ1v) is 5.95. The van der Waals surface area contributed by atoms with Crippen LogP contribution in [0, 0.1) is 12.7 Å². The van der Waals surface area contributed by atoms with Crippen molar-refractivity contribution in [2.75, 3.05) is 5.32 Å². The van der Waals surface area contributed by atoms with Gasteiger partial charge in [0.2, 0.25) is 5.91 Å². The van der Waals surface area contributed by atoms with Crippen LogP contribution in [0.2, 0.25) is 0 Å². The molecule has 4 nitrogen and oxygen atoms in total. The zero-order valence-electron chi connectivity index (χ0n) is 10.8. The second-order valence-electron chi connectivity index (χ2n) is 4.25. The Labute approximate surface area is 115 Å². The summed E-state index contributed by atoms with van der Waals surface area (Å²) in [5.41, 5.74) is 1.67. The van der Waals surface area contributed by atoms with Gasteiger partial charge in [-0.15, -0.1) is 0 Å². The number of aryl methyl sites for hydroxylation is 1. The van der Waals surface area contributed by atoms with E-state index in [-0.39, 0.29) is 11.4 Å². The van der Waals surface area contributed by atoms with Crippen molar-refractivity contribution in [2.45, 2.75) is 6.92 Å². The molecule has 1 aromatic heterocycles.